The fraction of sp³-hybridized carbons (Fsp3) is 0.280. The highest BCUT2D eigenvalue weighted by Crippen LogP contribution is 2.28. The number of halogens is 1. The zero-order valence-corrected chi connectivity index (χ0v) is 18.7. The molecule has 176 valence electrons. The lowest BCUT2D eigenvalue weighted by Gasteiger charge is -2.11. The summed E-state index contributed by atoms with van der Waals surface area (Å²) in [5.41, 5.74) is 1.58. The van der Waals surface area contributed by atoms with Crippen molar-refractivity contribution in [1.82, 2.24) is 0 Å². The van der Waals surface area contributed by atoms with Crippen LogP contribution in [-0.2, 0) is 23.8 Å². The van der Waals surface area contributed by atoms with E-state index in [1.807, 2.05) is 0 Å². The van der Waals surface area contributed by atoms with Crippen LogP contribution in [0.5, 0.6) is 11.5 Å². The van der Waals surface area contributed by atoms with Gasteiger partial charge in [-0.05, 0) is 36.8 Å². The molecule has 0 bridgehead atoms. The fourth-order valence-corrected chi connectivity index (χ4v) is 2.60. The molecule has 0 aliphatic heterocycles. The summed E-state index contributed by atoms with van der Waals surface area (Å²) in [4.78, 5) is 22.9. The lowest BCUT2D eigenvalue weighted by Crippen LogP contribution is -2.15. The van der Waals surface area contributed by atoms with Gasteiger partial charge in [0.1, 0.15) is 43.7 Å². The van der Waals surface area contributed by atoms with Crippen molar-refractivity contribution in [3.63, 3.8) is 0 Å². The predicted octanol–water partition coefficient (Wildman–Crippen LogP) is 4.12. The van der Waals surface area contributed by atoms with E-state index >= 15 is 0 Å². The van der Waals surface area contributed by atoms with Crippen LogP contribution in [0.1, 0.15) is 6.92 Å². The predicted molar refractivity (Wildman–Crippen MR) is 121 cm³/mol. The first-order valence-electron chi connectivity index (χ1n) is 10.1. The lowest BCUT2D eigenvalue weighted by molar-refractivity contribution is -0.140. The third-order valence-electron chi connectivity index (χ3n) is 4.23. The van der Waals surface area contributed by atoms with Gasteiger partial charge in [0.15, 0.2) is 0 Å². The maximum Gasteiger partial charge on any atom is 0.335 e. The number of hydrogen-bond donors (Lipinski definition) is 0. The fourth-order valence-electron chi connectivity index (χ4n) is 2.60. The van der Waals surface area contributed by atoms with E-state index < -0.39 is 17.8 Å². The van der Waals surface area contributed by atoms with Gasteiger partial charge in [-0.2, -0.15) is 0 Å². The molecule has 0 amide bonds. The van der Waals surface area contributed by atoms with Gasteiger partial charge in [0.25, 0.3) is 0 Å². The molecule has 0 radical (unpaired) electrons. The number of carbonyl (C=O) groups excluding carboxylic acids is 2. The summed E-state index contributed by atoms with van der Waals surface area (Å²) in [6, 6.07) is 11.3. The maximum absolute atomic E-state index is 14.6. The highest BCUT2D eigenvalue weighted by atomic mass is 19.1. The molecule has 33 heavy (non-hydrogen) atoms. The molecule has 7 nitrogen and oxygen atoms in total. The maximum atomic E-state index is 14.6. The summed E-state index contributed by atoms with van der Waals surface area (Å²) < 4.78 is 40.3. The van der Waals surface area contributed by atoms with Crippen LogP contribution in [0.2, 0.25) is 0 Å². The van der Waals surface area contributed by atoms with Crippen LogP contribution >= 0.6 is 0 Å². The van der Waals surface area contributed by atoms with Gasteiger partial charge >= 0.3 is 11.9 Å². The topological polar surface area (TPSA) is 80.3 Å². The molecular formula is C25H27FO7. The smallest absolute Gasteiger partial charge is 0.335 e. The van der Waals surface area contributed by atoms with Crippen LogP contribution in [0.15, 0.2) is 66.8 Å². The standard InChI is InChI=1S/C25H27FO7/c1-17(2)24(27)32-13-11-30-20-7-5-19(6-8-20)22-10-9-21(15-23(22)26)31-12-14-33-25(28)18(3)16-29-4/h5-10,15H,1,3,11-14,16H2,2,4H3. The summed E-state index contributed by atoms with van der Waals surface area (Å²) in [6.07, 6.45) is 0. The van der Waals surface area contributed by atoms with E-state index in [0.717, 1.165) is 0 Å². The lowest BCUT2D eigenvalue weighted by atomic mass is 10.0. The Morgan fingerprint density at radius 1 is 0.848 bits per heavy atom. The first-order valence-corrected chi connectivity index (χ1v) is 10.1. The van der Waals surface area contributed by atoms with Gasteiger partial charge in [0.05, 0.1) is 12.2 Å². The van der Waals surface area contributed by atoms with Crippen molar-refractivity contribution in [1.29, 1.82) is 0 Å². The molecule has 8 heteroatoms. The summed E-state index contributed by atoms with van der Waals surface area (Å²) in [7, 11) is 1.45. The number of esters is 2. The molecule has 0 aliphatic rings. The number of rotatable bonds is 13. The van der Waals surface area contributed by atoms with Crippen molar-refractivity contribution in [2.24, 2.45) is 0 Å². The number of hydrogen-bond acceptors (Lipinski definition) is 7. The second kappa shape index (κ2) is 13.0. The Morgan fingerprint density at radius 2 is 1.42 bits per heavy atom. The number of methoxy groups -OCH3 is 1. The summed E-state index contributed by atoms with van der Waals surface area (Å²) >= 11 is 0. The Kier molecular flexibility index (Phi) is 10.1. The van der Waals surface area contributed by atoms with Gasteiger partial charge in [-0.1, -0.05) is 25.3 Å². The van der Waals surface area contributed by atoms with Crippen LogP contribution in [0.3, 0.4) is 0 Å². The van der Waals surface area contributed by atoms with E-state index in [1.165, 1.54) is 13.2 Å². The normalized spacial score (nSPS) is 10.3. The first kappa shape index (κ1) is 25.6. The van der Waals surface area contributed by atoms with Gasteiger partial charge in [-0.25, -0.2) is 14.0 Å². The van der Waals surface area contributed by atoms with Gasteiger partial charge in [0, 0.05) is 24.3 Å². The number of ether oxygens (including phenoxy) is 5. The molecule has 0 N–H and O–H groups in total. The Balaban J connectivity index is 1.82. The SMILES string of the molecule is C=C(C)C(=O)OCCOc1ccc(-c2ccc(OCCOC(=O)C(=C)COC)cc2F)cc1. The second-order valence-corrected chi connectivity index (χ2v) is 6.95. The molecule has 0 aliphatic carbocycles. The van der Waals surface area contributed by atoms with E-state index in [1.54, 1.807) is 43.3 Å². The van der Waals surface area contributed by atoms with Crippen LogP contribution < -0.4 is 9.47 Å². The molecular weight excluding hydrogens is 431 g/mol. The zero-order chi connectivity index (χ0) is 24.2. The minimum Gasteiger partial charge on any atom is -0.490 e. The van der Waals surface area contributed by atoms with Gasteiger partial charge in [-0.15, -0.1) is 0 Å². The van der Waals surface area contributed by atoms with E-state index in [0.29, 0.717) is 28.2 Å². The van der Waals surface area contributed by atoms with E-state index in [4.69, 9.17) is 23.7 Å². The molecule has 0 aromatic heterocycles. The molecule has 0 spiro atoms. The minimum atomic E-state index is -0.567. The highest BCUT2D eigenvalue weighted by Gasteiger charge is 2.10. The van der Waals surface area contributed by atoms with Gasteiger partial charge < -0.3 is 23.7 Å². The quantitative estimate of drug-likeness (QED) is 0.254. The first-order chi connectivity index (χ1) is 15.8. The zero-order valence-electron chi connectivity index (χ0n) is 18.7. The van der Waals surface area contributed by atoms with E-state index in [9.17, 15) is 14.0 Å². The van der Waals surface area contributed by atoms with E-state index in [-0.39, 0.29) is 38.6 Å². The van der Waals surface area contributed by atoms with Crippen molar-refractivity contribution in [3.05, 3.63) is 72.6 Å². The van der Waals surface area contributed by atoms with Crippen molar-refractivity contribution in [2.45, 2.75) is 6.92 Å². The monoisotopic (exact) mass is 458 g/mol. The van der Waals surface area contributed by atoms with Gasteiger partial charge in [0.2, 0.25) is 0 Å². The van der Waals surface area contributed by atoms with Crippen molar-refractivity contribution in [3.8, 4) is 22.6 Å². The molecule has 0 saturated heterocycles. The van der Waals surface area contributed by atoms with E-state index in [2.05, 4.69) is 13.2 Å². The molecule has 2 aromatic rings. The third kappa shape index (κ3) is 8.42. The molecule has 0 fully saturated rings. The number of benzene rings is 2. The Morgan fingerprint density at radius 3 is 2.00 bits per heavy atom. The molecule has 2 rings (SSSR count). The molecule has 2 aromatic carbocycles. The van der Waals surface area contributed by atoms with Crippen LogP contribution in [-0.4, -0.2) is 52.1 Å². The number of carbonyl (C=O) groups is 2. The van der Waals surface area contributed by atoms with Crippen LogP contribution in [0.25, 0.3) is 11.1 Å². The Hall–Kier alpha value is -3.65. The Labute approximate surface area is 192 Å². The Bertz CT molecular complexity index is 983. The molecule has 0 atom stereocenters. The van der Waals surface area contributed by atoms with Crippen molar-refractivity contribution < 1.29 is 37.7 Å². The van der Waals surface area contributed by atoms with Gasteiger partial charge in [-0.3, -0.25) is 0 Å². The average Bonchev–Trinajstić information content (AvgIpc) is 2.80. The van der Waals surface area contributed by atoms with Crippen LogP contribution in [0, 0.1) is 5.82 Å². The average molecular weight is 458 g/mol. The molecule has 0 unspecified atom stereocenters. The largest absolute Gasteiger partial charge is 0.490 e. The summed E-state index contributed by atoms with van der Waals surface area (Å²) in [5, 5.41) is 0. The second-order valence-electron chi connectivity index (χ2n) is 6.95. The van der Waals surface area contributed by atoms with Crippen molar-refractivity contribution >= 4 is 11.9 Å². The van der Waals surface area contributed by atoms with Crippen molar-refractivity contribution in [2.75, 3.05) is 40.1 Å². The summed E-state index contributed by atoms with van der Waals surface area (Å²) in [5.74, 6) is -0.619. The summed E-state index contributed by atoms with van der Waals surface area (Å²) in [6.45, 7) is 9.06. The molecule has 0 heterocycles. The minimum absolute atomic E-state index is 0.00119. The molecule has 0 saturated carbocycles. The van der Waals surface area contributed by atoms with Crippen LogP contribution in [0.4, 0.5) is 4.39 Å². The third-order valence-corrected chi connectivity index (χ3v) is 4.23. The highest BCUT2D eigenvalue weighted by molar-refractivity contribution is 5.88.